The monoisotopic (exact) mass is 334 g/mol. The van der Waals surface area contributed by atoms with Crippen molar-refractivity contribution in [3.05, 3.63) is 54.0 Å². The van der Waals surface area contributed by atoms with Crippen molar-refractivity contribution in [2.75, 3.05) is 24.5 Å². The Morgan fingerprint density at radius 1 is 1.04 bits per heavy atom. The molecule has 0 radical (unpaired) electrons. The molecule has 4 heteroatoms. The fraction of sp³-hybridized carbons (Fsp3) is 0.524. The molecule has 0 amide bonds. The minimum atomic E-state index is 0.578. The molecule has 0 spiro atoms. The molecule has 1 aromatic carbocycles. The molecule has 4 saturated heterocycles. The summed E-state index contributed by atoms with van der Waals surface area (Å²) in [7, 11) is 0. The maximum atomic E-state index is 4.67. The van der Waals surface area contributed by atoms with E-state index in [-0.39, 0.29) is 0 Å². The molecule has 3 atom stereocenters. The normalized spacial score (nSPS) is 33.5. The number of rotatable bonds is 3. The van der Waals surface area contributed by atoms with Gasteiger partial charge in [0.15, 0.2) is 0 Å². The lowest BCUT2D eigenvalue weighted by Crippen LogP contribution is -2.60. The van der Waals surface area contributed by atoms with E-state index in [1.807, 2.05) is 0 Å². The topological polar surface area (TPSA) is 32.3 Å². The van der Waals surface area contributed by atoms with E-state index in [1.54, 1.807) is 6.33 Å². The molecule has 6 rings (SSSR count). The van der Waals surface area contributed by atoms with Crippen molar-refractivity contribution in [1.29, 1.82) is 0 Å². The average Bonchev–Trinajstić information content (AvgIpc) is 3.12. The van der Waals surface area contributed by atoms with Crippen LogP contribution in [0.5, 0.6) is 0 Å². The molecule has 4 aliphatic heterocycles. The summed E-state index contributed by atoms with van der Waals surface area (Å²) in [6.07, 6.45) is 5.39. The summed E-state index contributed by atoms with van der Waals surface area (Å²) in [4.78, 5) is 14.4. The van der Waals surface area contributed by atoms with E-state index in [9.17, 15) is 0 Å². The van der Waals surface area contributed by atoms with Gasteiger partial charge < -0.3 is 4.90 Å². The second kappa shape index (κ2) is 6.10. The third-order valence-corrected chi connectivity index (χ3v) is 6.59. The number of aromatic nitrogens is 2. The lowest BCUT2D eigenvalue weighted by atomic mass is 9.75. The first-order valence-electron chi connectivity index (χ1n) is 9.71. The highest BCUT2D eigenvalue weighted by atomic mass is 15.3. The molecule has 5 heterocycles. The van der Waals surface area contributed by atoms with Crippen LogP contribution in [0.4, 0.5) is 5.82 Å². The summed E-state index contributed by atoms with van der Waals surface area (Å²) in [6, 6.07) is 14.6. The maximum absolute atomic E-state index is 4.67. The van der Waals surface area contributed by atoms with Crippen molar-refractivity contribution in [3.63, 3.8) is 0 Å². The van der Waals surface area contributed by atoms with Gasteiger partial charge >= 0.3 is 0 Å². The maximum Gasteiger partial charge on any atom is 0.132 e. The minimum absolute atomic E-state index is 0.578. The van der Waals surface area contributed by atoms with Crippen LogP contribution in [0, 0.1) is 5.92 Å². The largest absolute Gasteiger partial charge is 0.351 e. The zero-order chi connectivity index (χ0) is 16.8. The number of hydrogen-bond acceptors (Lipinski definition) is 4. The standard InChI is InChI=1S/C21H26N4/c1-2-17-12-19(23-14-22-17)25-13-18(15-6-4-3-5-7-15)21-20(25)16-8-10-24(21)11-9-16/h3-7,12,14,16,18,20-21H,2,8-11,13H2,1H3/t18-,20+,21+/m0/s1. The van der Waals surface area contributed by atoms with Gasteiger partial charge in [-0.3, -0.25) is 4.90 Å². The molecule has 4 fully saturated rings. The van der Waals surface area contributed by atoms with Crippen molar-refractivity contribution in [1.82, 2.24) is 14.9 Å². The van der Waals surface area contributed by atoms with Crippen molar-refractivity contribution in [3.8, 4) is 0 Å². The van der Waals surface area contributed by atoms with Crippen LogP contribution in [0.15, 0.2) is 42.7 Å². The summed E-state index contributed by atoms with van der Waals surface area (Å²) in [5, 5.41) is 0. The molecule has 0 N–H and O–H groups in total. The Kier molecular flexibility index (Phi) is 3.74. The van der Waals surface area contributed by atoms with Gasteiger partial charge in [-0.05, 0) is 43.8 Å². The van der Waals surface area contributed by atoms with E-state index < -0.39 is 0 Å². The predicted molar refractivity (Wildman–Crippen MR) is 99.8 cm³/mol. The number of aryl methyl sites for hydroxylation is 1. The van der Waals surface area contributed by atoms with Crippen LogP contribution in [0.2, 0.25) is 0 Å². The van der Waals surface area contributed by atoms with Crippen LogP contribution >= 0.6 is 0 Å². The highest BCUT2D eigenvalue weighted by molar-refractivity contribution is 5.47. The Balaban J connectivity index is 1.56. The van der Waals surface area contributed by atoms with Crippen LogP contribution in [-0.2, 0) is 6.42 Å². The number of hydrogen-bond donors (Lipinski definition) is 0. The number of piperidine rings is 3. The van der Waals surface area contributed by atoms with Gasteiger partial charge in [0.25, 0.3) is 0 Å². The lowest BCUT2D eigenvalue weighted by molar-refractivity contribution is 0.0354. The SMILES string of the molecule is CCc1cc(N2C[C@@H](c3ccccc3)[C@@H]3[C@H]2C2CCN3CC2)ncn1. The van der Waals surface area contributed by atoms with Crippen molar-refractivity contribution in [2.45, 2.75) is 44.2 Å². The number of anilines is 1. The molecule has 1 aromatic heterocycles. The van der Waals surface area contributed by atoms with Crippen LogP contribution < -0.4 is 4.90 Å². The van der Waals surface area contributed by atoms with E-state index in [2.05, 4.69) is 63.1 Å². The second-order valence-electron chi connectivity index (χ2n) is 7.75. The first-order chi connectivity index (χ1) is 12.3. The van der Waals surface area contributed by atoms with Crippen molar-refractivity contribution in [2.24, 2.45) is 5.92 Å². The summed E-state index contributed by atoms with van der Waals surface area (Å²) >= 11 is 0. The van der Waals surface area contributed by atoms with Crippen LogP contribution in [-0.4, -0.2) is 46.6 Å². The summed E-state index contributed by atoms with van der Waals surface area (Å²) in [5.41, 5.74) is 2.63. The van der Waals surface area contributed by atoms with Crippen LogP contribution in [0.3, 0.4) is 0 Å². The minimum Gasteiger partial charge on any atom is -0.351 e. The first-order valence-corrected chi connectivity index (χ1v) is 9.71. The van der Waals surface area contributed by atoms with Gasteiger partial charge in [-0.2, -0.15) is 0 Å². The first kappa shape index (κ1) is 15.3. The smallest absolute Gasteiger partial charge is 0.132 e. The molecule has 4 aliphatic rings. The summed E-state index contributed by atoms with van der Waals surface area (Å²) in [5.74, 6) is 2.52. The highest BCUT2D eigenvalue weighted by Gasteiger charge is 2.53. The van der Waals surface area contributed by atoms with Crippen LogP contribution in [0.25, 0.3) is 0 Å². The fourth-order valence-corrected chi connectivity index (χ4v) is 5.41. The van der Waals surface area contributed by atoms with Gasteiger partial charge in [-0.1, -0.05) is 37.3 Å². The molecule has 0 saturated carbocycles. The molecule has 0 aliphatic carbocycles. The Bertz CT molecular complexity index is 739. The number of nitrogens with zero attached hydrogens (tertiary/aromatic N) is 4. The van der Waals surface area contributed by atoms with Gasteiger partial charge in [0.1, 0.15) is 12.1 Å². The molecular weight excluding hydrogens is 308 g/mol. The van der Waals surface area contributed by atoms with E-state index in [4.69, 9.17) is 0 Å². The average molecular weight is 334 g/mol. The third kappa shape index (κ3) is 2.46. The second-order valence-corrected chi connectivity index (χ2v) is 7.75. The third-order valence-electron chi connectivity index (χ3n) is 6.59. The summed E-state index contributed by atoms with van der Waals surface area (Å²) in [6.45, 7) is 5.78. The number of benzene rings is 1. The molecule has 0 unspecified atom stereocenters. The van der Waals surface area contributed by atoms with Gasteiger partial charge in [0, 0.05) is 36.3 Å². The Labute approximate surface area is 149 Å². The lowest BCUT2D eigenvalue weighted by Gasteiger charge is -2.51. The van der Waals surface area contributed by atoms with E-state index in [1.165, 1.54) is 31.5 Å². The Morgan fingerprint density at radius 3 is 2.60 bits per heavy atom. The highest BCUT2D eigenvalue weighted by Crippen LogP contribution is 2.47. The number of fused-ring (bicyclic) bond motifs is 2. The van der Waals surface area contributed by atoms with Gasteiger partial charge in [0.2, 0.25) is 0 Å². The van der Waals surface area contributed by atoms with E-state index in [0.29, 0.717) is 18.0 Å². The molecule has 2 aromatic rings. The fourth-order valence-electron chi connectivity index (χ4n) is 5.41. The van der Waals surface area contributed by atoms with Crippen molar-refractivity contribution >= 4 is 5.82 Å². The Morgan fingerprint density at radius 2 is 1.84 bits per heavy atom. The van der Waals surface area contributed by atoms with Crippen LogP contribution in [0.1, 0.15) is 36.9 Å². The van der Waals surface area contributed by atoms with Crippen molar-refractivity contribution < 1.29 is 0 Å². The molecular formula is C21H26N4. The van der Waals surface area contributed by atoms with E-state index >= 15 is 0 Å². The van der Waals surface area contributed by atoms with Gasteiger partial charge in [-0.15, -0.1) is 0 Å². The zero-order valence-corrected chi connectivity index (χ0v) is 14.9. The van der Waals surface area contributed by atoms with Gasteiger partial charge in [-0.25, -0.2) is 9.97 Å². The molecule has 4 nitrogen and oxygen atoms in total. The Hall–Kier alpha value is -1.94. The van der Waals surface area contributed by atoms with Gasteiger partial charge in [0.05, 0.1) is 0 Å². The molecule has 130 valence electrons. The molecule has 25 heavy (non-hydrogen) atoms. The zero-order valence-electron chi connectivity index (χ0n) is 14.9. The molecule has 2 bridgehead atoms. The predicted octanol–water partition coefficient (Wildman–Crippen LogP) is 3.11. The van der Waals surface area contributed by atoms with E-state index in [0.717, 1.165) is 30.4 Å². The quantitative estimate of drug-likeness (QED) is 0.863. The summed E-state index contributed by atoms with van der Waals surface area (Å²) < 4.78 is 0.